The van der Waals surface area contributed by atoms with Crippen LogP contribution in [0.5, 0.6) is 0 Å². The van der Waals surface area contributed by atoms with Crippen molar-refractivity contribution in [3.63, 3.8) is 0 Å². The molecule has 19 heavy (non-hydrogen) atoms. The lowest BCUT2D eigenvalue weighted by molar-refractivity contribution is -0.384. The van der Waals surface area contributed by atoms with Crippen LogP contribution in [0.3, 0.4) is 0 Å². The Morgan fingerprint density at radius 3 is 2.79 bits per heavy atom. The number of esters is 1. The van der Waals surface area contributed by atoms with E-state index in [1.165, 1.54) is 12.1 Å². The molecule has 1 rings (SSSR count). The highest BCUT2D eigenvalue weighted by atomic mass is 35.5. The molecule has 0 saturated heterocycles. The number of ether oxygens (including phenoxy) is 1. The first-order valence-corrected chi connectivity index (χ1v) is 6.43. The molecule has 1 aromatic carbocycles. The highest BCUT2D eigenvalue weighted by Crippen LogP contribution is 2.32. The maximum Gasteiger partial charge on any atom is 0.306 e. The van der Waals surface area contributed by atoms with Crippen molar-refractivity contribution in [1.29, 1.82) is 0 Å². The molecule has 0 N–H and O–H groups in total. The molecule has 2 atom stereocenters. The summed E-state index contributed by atoms with van der Waals surface area (Å²) in [6.45, 7) is 3.88. The summed E-state index contributed by atoms with van der Waals surface area (Å²) in [6, 6.07) is 6.13. The van der Waals surface area contributed by atoms with E-state index in [2.05, 4.69) is 0 Å². The van der Waals surface area contributed by atoms with Gasteiger partial charge in [-0.15, -0.1) is 11.6 Å². The molecule has 104 valence electrons. The lowest BCUT2D eigenvalue weighted by Crippen LogP contribution is -2.13. The molecule has 0 aliphatic heterocycles. The molecule has 1 aromatic rings. The number of halogens is 1. The van der Waals surface area contributed by atoms with Gasteiger partial charge in [-0.1, -0.05) is 19.1 Å². The van der Waals surface area contributed by atoms with Crippen LogP contribution in [0, 0.1) is 16.0 Å². The van der Waals surface area contributed by atoms with Gasteiger partial charge >= 0.3 is 5.97 Å². The summed E-state index contributed by atoms with van der Waals surface area (Å²) in [4.78, 5) is 21.6. The number of nitrogens with zero attached hydrogens (tertiary/aromatic N) is 1. The number of hydrogen-bond donors (Lipinski definition) is 0. The molecule has 0 bridgehead atoms. The number of rotatable bonds is 6. The smallest absolute Gasteiger partial charge is 0.306 e. The molecule has 0 aliphatic rings. The van der Waals surface area contributed by atoms with Crippen LogP contribution in [0.2, 0.25) is 0 Å². The number of hydrogen-bond acceptors (Lipinski definition) is 4. The lowest BCUT2D eigenvalue weighted by Gasteiger charge is -2.17. The van der Waals surface area contributed by atoms with Crippen molar-refractivity contribution in [3.05, 3.63) is 39.9 Å². The average Bonchev–Trinajstić information content (AvgIpc) is 2.38. The Balaban J connectivity index is 2.76. The predicted octanol–water partition coefficient (Wildman–Crippen LogP) is 3.46. The number of carbonyl (C=O) groups excluding carboxylic acids is 1. The Morgan fingerprint density at radius 2 is 2.21 bits per heavy atom. The molecule has 6 heteroatoms. The van der Waals surface area contributed by atoms with E-state index in [0.29, 0.717) is 12.2 Å². The van der Waals surface area contributed by atoms with Crippen LogP contribution in [0.25, 0.3) is 0 Å². The highest BCUT2D eigenvalue weighted by molar-refractivity contribution is 6.21. The maximum absolute atomic E-state index is 11.4. The SMILES string of the molecule is CCOC(=O)CC(C)C(Cl)c1cccc([N+](=O)[O-])c1. The van der Waals surface area contributed by atoms with Gasteiger partial charge in [0.25, 0.3) is 5.69 Å². The first-order valence-electron chi connectivity index (χ1n) is 5.99. The molecule has 0 aliphatic carbocycles. The van der Waals surface area contributed by atoms with Crippen LogP contribution in [0.1, 0.15) is 31.2 Å². The molecule has 0 radical (unpaired) electrons. The molecule has 0 amide bonds. The van der Waals surface area contributed by atoms with E-state index in [-0.39, 0.29) is 24.0 Å². The molecule has 0 saturated carbocycles. The third-order valence-electron chi connectivity index (χ3n) is 2.69. The summed E-state index contributed by atoms with van der Waals surface area (Å²) < 4.78 is 4.85. The van der Waals surface area contributed by atoms with Gasteiger partial charge in [0, 0.05) is 18.6 Å². The van der Waals surface area contributed by atoms with Gasteiger partial charge in [0.15, 0.2) is 0 Å². The van der Waals surface area contributed by atoms with Gasteiger partial charge in [-0.3, -0.25) is 14.9 Å². The molecular formula is C13H16ClNO4. The van der Waals surface area contributed by atoms with E-state index in [4.69, 9.17) is 16.3 Å². The fraction of sp³-hybridized carbons (Fsp3) is 0.462. The van der Waals surface area contributed by atoms with Gasteiger partial charge in [0.05, 0.1) is 16.9 Å². The van der Waals surface area contributed by atoms with Gasteiger partial charge in [0.2, 0.25) is 0 Å². The summed E-state index contributed by atoms with van der Waals surface area (Å²) in [5.74, 6) is -0.478. The number of benzene rings is 1. The first kappa shape index (κ1) is 15.4. The summed E-state index contributed by atoms with van der Waals surface area (Å²) >= 11 is 6.25. The van der Waals surface area contributed by atoms with Crippen molar-refractivity contribution >= 4 is 23.3 Å². The monoisotopic (exact) mass is 285 g/mol. The van der Waals surface area contributed by atoms with E-state index in [1.54, 1.807) is 19.1 Å². The Labute approximate surface area is 116 Å². The Morgan fingerprint density at radius 1 is 1.53 bits per heavy atom. The Kier molecular flexibility index (Phi) is 5.76. The largest absolute Gasteiger partial charge is 0.466 e. The van der Waals surface area contributed by atoms with E-state index >= 15 is 0 Å². The topological polar surface area (TPSA) is 69.4 Å². The van der Waals surface area contributed by atoms with Gasteiger partial charge in [-0.25, -0.2) is 0 Å². The van der Waals surface area contributed by atoms with Gasteiger partial charge in [-0.05, 0) is 18.4 Å². The zero-order valence-corrected chi connectivity index (χ0v) is 11.6. The number of nitro benzene ring substituents is 1. The van der Waals surface area contributed by atoms with E-state index < -0.39 is 10.3 Å². The summed E-state index contributed by atoms with van der Waals surface area (Å²) in [6.07, 6.45) is 0.185. The fourth-order valence-electron chi connectivity index (χ4n) is 1.72. The third-order valence-corrected chi connectivity index (χ3v) is 3.38. The normalized spacial score (nSPS) is 13.6. The van der Waals surface area contributed by atoms with Crippen molar-refractivity contribution in [3.8, 4) is 0 Å². The molecule has 5 nitrogen and oxygen atoms in total. The molecular weight excluding hydrogens is 270 g/mol. The summed E-state index contributed by atoms with van der Waals surface area (Å²) in [7, 11) is 0. The lowest BCUT2D eigenvalue weighted by atomic mass is 9.97. The van der Waals surface area contributed by atoms with Crippen LogP contribution >= 0.6 is 11.6 Å². The van der Waals surface area contributed by atoms with Crippen molar-refractivity contribution in [2.45, 2.75) is 25.6 Å². The minimum Gasteiger partial charge on any atom is -0.466 e. The molecule has 0 aromatic heterocycles. The zero-order chi connectivity index (χ0) is 14.4. The molecule has 0 fully saturated rings. The number of nitro groups is 1. The van der Waals surface area contributed by atoms with Crippen LogP contribution in [0.4, 0.5) is 5.69 Å². The molecule has 0 spiro atoms. The van der Waals surface area contributed by atoms with Crippen LogP contribution in [-0.2, 0) is 9.53 Å². The summed E-state index contributed by atoms with van der Waals surface area (Å²) in [5.41, 5.74) is 0.624. The van der Waals surface area contributed by atoms with E-state index in [1.807, 2.05) is 6.92 Å². The zero-order valence-electron chi connectivity index (χ0n) is 10.8. The van der Waals surface area contributed by atoms with Crippen LogP contribution < -0.4 is 0 Å². The molecule has 2 unspecified atom stereocenters. The summed E-state index contributed by atoms with van der Waals surface area (Å²) in [5, 5.41) is 10.2. The highest BCUT2D eigenvalue weighted by Gasteiger charge is 2.21. The second kappa shape index (κ2) is 7.09. The maximum atomic E-state index is 11.4. The van der Waals surface area contributed by atoms with Crippen LogP contribution in [0.15, 0.2) is 24.3 Å². The van der Waals surface area contributed by atoms with Crippen molar-refractivity contribution in [1.82, 2.24) is 0 Å². The standard InChI is InChI=1S/C13H16ClNO4/c1-3-19-12(16)7-9(2)13(14)10-5-4-6-11(8-10)15(17)18/h4-6,8-9,13H,3,7H2,1-2H3. The minimum atomic E-state index is -0.469. The predicted molar refractivity (Wildman–Crippen MR) is 72.1 cm³/mol. The van der Waals surface area contributed by atoms with Gasteiger partial charge < -0.3 is 4.74 Å². The van der Waals surface area contributed by atoms with E-state index in [0.717, 1.165) is 0 Å². The number of alkyl halides is 1. The number of carbonyl (C=O) groups is 1. The van der Waals surface area contributed by atoms with Crippen molar-refractivity contribution in [2.75, 3.05) is 6.61 Å². The Hall–Kier alpha value is -1.62. The van der Waals surface area contributed by atoms with Crippen molar-refractivity contribution in [2.24, 2.45) is 5.92 Å². The third kappa shape index (κ3) is 4.52. The average molecular weight is 286 g/mol. The van der Waals surface area contributed by atoms with Gasteiger partial charge in [0.1, 0.15) is 0 Å². The van der Waals surface area contributed by atoms with E-state index in [9.17, 15) is 14.9 Å². The molecule has 0 heterocycles. The minimum absolute atomic E-state index is 0.00788. The second-order valence-corrected chi connectivity index (χ2v) is 4.71. The second-order valence-electron chi connectivity index (χ2n) is 4.24. The number of non-ortho nitro benzene ring substituents is 1. The first-order chi connectivity index (χ1) is 8.95. The van der Waals surface area contributed by atoms with Crippen LogP contribution in [-0.4, -0.2) is 17.5 Å². The Bertz CT molecular complexity index is 464. The van der Waals surface area contributed by atoms with Gasteiger partial charge in [-0.2, -0.15) is 0 Å². The van der Waals surface area contributed by atoms with Crippen molar-refractivity contribution < 1.29 is 14.5 Å². The quantitative estimate of drug-likeness (QED) is 0.347. The fourth-order valence-corrected chi connectivity index (χ4v) is 1.95.